The van der Waals surface area contributed by atoms with Crippen LogP contribution in [0.5, 0.6) is 0 Å². The van der Waals surface area contributed by atoms with Crippen LogP contribution in [0.25, 0.3) is 5.69 Å². The van der Waals surface area contributed by atoms with E-state index in [0.717, 1.165) is 5.69 Å². The third kappa shape index (κ3) is 4.68. The fraction of sp³-hybridized carbons (Fsp3) is 0.273. The van der Waals surface area contributed by atoms with Gasteiger partial charge in [0.15, 0.2) is 0 Å². The minimum Gasteiger partial charge on any atom is -0.373 e. The van der Waals surface area contributed by atoms with Gasteiger partial charge in [0.2, 0.25) is 10.0 Å². The molecule has 0 spiro atoms. The molecule has 1 fully saturated rings. The summed E-state index contributed by atoms with van der Waals surface area (Å²) in [6, 6.07) is 15.1. The number of morpholine rings is 1. The first-order valence-corrected chi connectivity index (χ1v) is 11.4. The van der Waals surface area contributed by atoms with Crippen LogP contribution in [0.15, 0.2) is 71.9 Å². The van der Waals surface area contributed by atoms with Gasteiger partial charge in [-0.25, -0.2) is 13.1 Å². The van der Waals surface area contributed by atoms with Crippen LogP contribution in [-0.4, -0.2) is 53.7 Å². The van der Waals surface area contributed by atoms with Gasteiger partial charge in [0.05, 0.1) is 22.8 Å². The van der Waals surface area contributed by atoms with E-state index < -0.39 is 10.0 Å². The van der Waals surface area contributed by atoms with E-state index in [1.807, 2.05) is 38.2 Å². The maximum atomic E-state index is 12.9. The minimum absolute atomic E-state index is 0.156. The number of rotatable bonds is 5. The molecule has 1 aliphatic heterocycles. The Morgan fingerprint density at radius 3 is 2.26 bits per heavy atom. The van der Waals surface area contributed by atoms with E-state index in [2.05, 4.69) is 10.4 Å². The van der Waals surface area contributed by atoms with Crippen molar-refractivity contribution in [1.82, 2.24) is 14.1 Å². The van der Waals surface area contributed by atoms with Crippen LogP contribution in [0.2, 0.25) is 0 Å². The quantitative estimate of drug-likeness (QED) is 0.658. The Hall–Kier alpha value is -3.01. The molecule has 2 heterocycles. The van der Waals surface area contributed by atoms with Crippen molar-refractivity contribution in [1.29, 1.82) is 0 Å². The molecule has 1 N–H and O–H groups in total. The van der Waals surface area contributed by atoms with Crippen LogP contribution in [0.4, 0.5) is 5.69 Å². The van der Waals surface area contributed by atoms with Crippen molar-refractivity contribution in [3.63, 3.8) is 0 Å². The molecule has 162 valence electrons. The molecular weight excluding hydrogens is 416 g/mol. The molecular formula is C22H24N4O4S. The SMILES string of the molecule is C[C@H]1CN(S(=O)(=O)c2ccc(NC(=O)c3ccc(-n4cccn4)cc3)cc2)C[C@H](C)O1. The zero-order valence-electron chi connectivity index (χ0n) is 17.3. The number of benzene rings is 2. The topological polar surface area (TPSA) is 93.5 Å². The number of ether oxygens (including phenoxy) is 1. The Morgan fingerprint density at radius 1 is 1.03 bits per heavy atom. The van der Waals surface area contributed by atoms with E-state index in [1.165, 1.54) is 16.4 Å². The van der Waals surface area contributed by atoms with Gasteiger partial charge in [0, 0.05) is 36.7 Å². The normalized spacial score (nSPS) is 19.8. The first kappa shape index (κ1) is 21.2. The van der Waals surface area contributed by atoms with Crippen molar-refractivity contribution in [2.24, 2.45) is 0 Å². The number of anilines is 1. The molecule has 2 aromatic carbocycles. The number of carbonyl (C=O) groups is 1. The molecule has 31 heavy (non-hydrogen) atoms. The van der Waals surface area contributed by atoms with Gasteiger partial charge in [-0.3, -0.25) is 4.79 Å². The highest BCUT2D eigenvalue weighted by molar-refractivity contribution is 7.89. The number of hydrogen-bond acceptors (Lipinski definition) is 5. The highest BCUT2D eigenvalue weighted by Crippen LogP contribution is 2.23. The lowest BCUT2D eigenvalue weighted by molar-refractivity contribution is -0.0440. The number of sulfonamides is 1. The number of hydrogen-bond donors (Lipinski definition) is 1. The zero-order valence-corrected chi connectivity index (χ0v) is 18.1. The minimum atomic E-state index is -3.62. The van der Waals surface area contributed by atoms with Crippen molar-refractivity contribution in [3.8, 4) is 5.69 Å². The molecule has 9 heteroatoms. The van der Waals surface area contributed by atoms with Gasteiger partial charge in [0.1, 0.15) is 0 Å². The van der Waals surface area contributed by atoms with Crippen LogP contribution in [0.1, 0.15) is 24.2 Å². The van der Waals surface area contributed by atoms with E-state index in [1.54, 1.807) is 35.1 Å². The first-order chi connectivity index (χ1) is 14.8. The lowest BCUT2D eigenvalue weighted by Gasteiger charge is -2.34. The van der Waals surface area contributed by atoms with Crippen LogP contribution in [-0.2, 0) is 14.8 Å². The Morgan fingerprint density at radius 2 is 1.68 bits per heavy atom. The number of nitrogens with zero attached hydrogens (tertiary/aromatic N) is 3. The summed E-state index contributed by atoms with van der Waals surface area (Å²) in [6.45, 7) is 4.36. The largest absolute Gasteiger partial charge is 0.373 e. The van der Waals surface area contributed by atoms with E-state index in [4.69, 9.17) is 4.74 Å². The molecule has 0 unspecified atom stereocenters. The first-order valence-electron chi connectivity index (χ1n) is 10.00. The summed E-state index contributed by atoms with van der Waals surface area (Å²) in [4.78, 5) is 12.7. The molecule has 0 aliphatic carbocycles. The predicted molar refractivity (Wildman–Crippen MR) is 117 cm³/mol. The van der Waals surface area contributed by atoms with Crippen LogP contribution >= 0.6 is 0 Å². The summed E-state index contributed by atoms with van der Waals surface area (Å²) in [5.41, 5.74) is 1.86. The Balaban J connectivity index is 1.44. The van der Waals surface area contributed by atoms with E-state index in [0.29, 0.717) is 24.3 Å². The summed E-state index contributed by atoms with van der Waals surface area (Å²) in [6.07, 6.45) is 3.20. The maximum Gasteiger partial charge on any atom is 0.255 e. The van der Waals surface area contributed by atoms with Gasteiger partial charge in [0.25, 0.3) is 5.91 Å². The van der Waals surface area contributed by atoms with Gasteiger partial charge < -0.3 is 10.1 Å². The Kier molecular flexibility index (Phi) is 5.90. The second-order valence-corrected chi connectivity index (χ2v) is 9.49. The van der Waals surface area contributed by atoms with Crippen molar-refractivity contribution in [2.75, 3.05) is 18.4 Å². The number of carbonyl (C=O) groups excluding carboxylic acids is 1. The molecule has 8 nitrogen and oxygen atoms in total. The second-order valence-electron chi connectivity index (χ2n) is 7.56. The highest BCUT2D eigenvalue weighted by atomic mass is 32.2. The van der Waals surface area contributed by atoms with E-state index in [-0.39, 0.29) is 23.0 Å². The maximum absolute atomic E-state index is 12.9. The average molecular weight is 441 g/mol. The standard InChI is InChI=1S/C22H24N4O4S/c1-16-14-25(15-17(2)30-16)31(28,29)21-10-6-19(7-11-21)24-22(27)18-4-8-20(9-5-18)26-13-3-12-23-26/h3-13,16-17H,14-15H2,1-2H3,(H,24,27)/t16-,17-/m0/s1. The van der Waals surface area contributed by atoms with Crippen molar-refractivity contribution < 1.29 is 17.9 Å². The summed E-state index contributed by atoms with van der Waals surface area (Å²) in [5.74, 6) is -0.279. The number of amides is 1. The fourth-order valence-electron chi connectivity index (χ4n) is 3.58. The summed E-state index contributed by atoms with van der Waals surface area (Å²) in [7, 11) is -3.62. The zero-order chi connectivity index (χ0) is 22.0. The van der Waals surface area contributed by atoms with Gasteiger partial charge in [-0.1, -0.05) is 0 Å². The van der Waals surface area contributed by atoms with Crippen molar-refractivity contribution in [2.45, 2.75) is 31.0 Å². The van der Waals surface area contributed by atoms with E-state index >= 15 is 0 Å². The molecule has 2 atom stereocenters. The van der Waals surface area contributed by atoms with Gasteiger partial charge in [-0.15, -0.1) is 0 Å². The van der Waals surface area contributed by atoms with E-state index in [9.17, 15) is 13.2 Å². The third-order valence-electron chi connectivity index (χ3n) is 5.03. The lowest BCUT2D eigenvalue weighted by Crippen LogP contribution is -2.48. The molecule has 3 aromatic rings. The predicted octanol–water partition coefficient (Wildman–Crippen LogP) is 2.92. The van der Waals surface area contributed by atoms with Crippen LogP contribution in [0.3, 0.4) is 0 Å². The molecule has 1 aromatic heterocycles. The highest BCUT2D eigenvalue weighted by Gasteiger charge is 2.32. The van der Waals surface area contributed by atoms with Crippen molar-refractivity contribution >= 4 is 21.6 Å². The fourth-order valence-corrected chi connectivity index (χ4v) is 5.17. The average Bonchev–Trinajstić information content (AvgIpc) is 3.28. The molecule has 0 radical (unpaired) electrons. The number of nitrogens with one attached hydrogen (secondary N) is 1. The summed E-state index contributed by atoms with van der Waals surface area (Å²) < 4.78 is 34.6. The lowest BCUT2D eigenvalue weighted by atomic mass is 10.2. The molecule has 1 amide bonds. The molecule has 0 bridgehead atoms. The third-order valence-corrected chi connectivity index (χ3v) is 6.88. The smallest absolute Gasteiger partial charge is 0.255 e. The Bertz CT molecular complexity index is 1130. The van der Waals surface area contributed by atoms with Crippen molar-refractivity contribution in [3.05, 3.63) is 72.6 Å². The van der Waals surface area contributed by atoms with Crippen LogP contribution in [0, 0.1) is 0 Å². The Labute approximate surface area is 181 Å². The van der Waals surface area contributed by atoms with Gasteiger partial charge >= 0.3 is 0 Å². The molecule has 1 aliphatic rings. The van der Waals surface area contributed by atoms with Gasteiger partial charge in [-0.05, 0) is 68.4 Å². The molecule has 4 rings (SSSR count). The second kappa shape index (κ2) is 8.62. The molecule has 1 saturated heterocycles. The summed E-state index contributed by atoms with van der Waals surface area (Å²) >= 11 is 0. The summed E-state index contributed by atoms with van der Waals surface area (Å²) in [5, 5.41) is 6.95. The van der Waals surface area contributed by atoms with Crippen LogP contribution < -0.4 is 5.32 Å². The monoisotopic (exact) mass is 440 g/mol. The van der Waals surface area contributed by atoms with Gasteiger partial charge in [-0.2, -0.15) is 9.40 Å². The molecule has 0 saturated carbocycles. The number of aromatic nitrogens is 2.